The molecule has 1 aromatic carbocycles. The van der Waals surface area contributed by atoms with Gasteiger partial charge < -0.3 is 10.6 Å². The number of benzene rings is 1. The van der Waals surface area contributed by atoms with Gasteiger partial charge in [0.05, 0.1) is 0 Å². The molecule has 1 aliphatic rings. The highest BCUT2D eigenvalue weighted by Crippen LogP contribution is 2.36. The Balaban J connectivity index is 2.60. The molecule has 17 heavy (non-hydrogen) atoms. The average Bonchev–Trinajstić information content (AvgIpc) is 2.30. The molecule has 0 saturated carbocycles. The third-order valence-electron chi connectivity index (χ3n) is 2.89. The number of amides is 2. The topological polar surface area (TPSA) is 41.1 Å². The smallest absolute Gasteiger partial charge is 0.317 e. The SMILES string of the molecule is C#CC1(CCC)NC(=O)Nc2ccc(Cl)cc21. The molecule has 0 aromatic heterocycles. The molecule has 1 aliphatic heterocycles. The van der Waals surface area contributed by atoms with Crippen LogP contribution in [-0.4, -0.2) is 6.03 Å². The minimum atomic E-state index is -0.753. The molecule has 1 aromatic rings. The van der Waals surface area contributed by atoms with Crippen molar-refractivity contribution < 1.29 is 4.79 Å². The van der Waals surface area contributed by atoms with E-state index in [4.69, 9.17) is 18.0 Å². The molecule has 1 heterocycles. The van der Waals surface area contributed by atoms with Crippen molar-refractivity contribution in [3.8, 4) is 12.3 Å². The molecule has 0 radical (unpaired) electrons. The summed E-state index contributed by atoms with van der Waals surface area (Å²) in [5, 5.41) is 6.16. The van der Waals surface area contributed by atoms with E-state index < -0.39 is 5.54 Å². The van der Waals surface area contributed by atoms with Crippen LogP contribution < -0.4 is 10.6 Å². The molecule has 4 heteroatoms. The van der Waals surface area contributed by atoms with E-state index in [1.165, 1.54) is 0 Å². The summed E-state index contributed by atoms with van der Waals surface area (Å²) in [6.45, 7) is 2.03. The van der Waals surface area contributed by atoms with E-state index in [0.717, 1.165) is 17.7 Å². The predicted molar refractivity (Wildman–Crippen MR) is 69.0 cm³/mol. The van der Waals surface area contributed by atoms with Gasteiger partial charge in [-0.2, -0.15) is 0 Å². The maximum absolute atomic E-state index is 11.6. The van der Waals surface area contributed by atoms with Crippen molar-refractivity contribution in [2.45, 2.75) is 25.3 Å². The number of urea groups is 1. The van der Waals surface area contributed by atoms with Gasteiger partial charge in [0.15, 0.2) is 0 Å². The standard InChI is InChI=1S/C13H13ClN2O/c1-3-7-13(4-2)10-8-9(14)5-6-11(10)15-12(17)16-13/h2,5-6,8H,3,7H2,1H3,(H2,15,16,17). The molecule has 1 unspecified atom stereocenters. The maximum atomic E-state index is 11.6. The lowest BCUT2D eigenvalue weighted by molar-refractivity contribution is 0.240. The first-order valence-corrected chi connectivity index (χ1v) is 5.86. The third-order valence-corrected chi connectivity index (χ3v) is 3.12. The van der Waals surface area contributed by atoms with Crippen LogP contribution in [0.3, 0.4) is 0 Å². The molecule has 0 fully saturated rings. The monoisotopic (exact) mass is 248 g/mol. The Kier molecular flexibility index (Phi) is 2.99. The summed E-state index contributed by atoms with van der Waals surface area (Å²) in [4.78, 5) is 11.6. The van der Waals surface area contributed by atoms with Gasteiger partial charge in [0, 0.05) is 16.3 Å². The molecular formula is C13H13ClN2O. The zero-order valence-corrected chi connectivity index (χ0v) is 10.3. The van der Waals surface area contributed by atoms with Crippen LogP contribution in [0.5, 0.6) is 0 Å². The maximum Gasteiger partial charge on any atom is 0.320 e. The molecule has 3 nitrogen and oxygen atoms in total. The van der Waals surface area contributed by atoms with E-state index in [2.05, 4.69) is 16.6 Å². The van der Waals surface area contributed by atoms with E-state index >= 15 is 0 Å². The fourth-order valence-electron chi connectivity index (χ4n) is 2.15. The molecule has 2 rings (SSSR count). The lowest BCUT2D eigenvalue weighted by Crippen LogP contribution is -2.50. The number of carbonyl (C=O) groups excluding carboxylic acids is 1. The number of anilines is 1. The van der Waals surface area contributed by atoms with Crippen LogP contribution in [0, 0.1) is 12.3 Å². The number of fused-ring (bicyclic) bond motifs is 1. The molecule has 88 valence electrons. The van der Waals surface area contributed by atoms with E-state index in [0.29, 0.717) is 11.4 Å². The first-order valence-electron chi connectivity index (χ1n) is 5.48. The quantitative estimate of drug-likeness (QED) is 0.776. The predicted octanol–water partition coefficient (Wildman–Crippen LogP) is 3.10. The molecule has 2 amide bonds. The molecule has 0 bridgehead atoms. The van der Waals surface area contributed by atoms with Gasteiger partial charge in [-0.15, -0.1) is 6.42 Å². The fourth-order valence-corrected chi connectivity index (χ4v) is 2.32. The van der Waals surface area contributed by atoms with Crippen LogP contribution >= 0.6 is 11.6 Å². The number of nitrogens with one attached hydrogen (secondary N) is 2. The van der Waals surface area contributed by atoms with E-state index in [9.17, 15) is 4.79 Å². The molecule has 0 aliphatic carbocycles. The van der Waals surface area contributed by atoms with Gasteiger partial charge in [-0.05, 0) is 24.6 Å². The normalized spacial score (nSPS) is 22.1. The third kappa shape index (κ3) is 1.96. The minimum absolute atomic E-state index is 0.272. The van der Waals surface area contributed by atoms with Gasteiger partial charge in [-0.25, -0.2) is 4.79 Å². The fraction of sp³-hybridized carbons (Fsp3) is 0.308. The highest BCUT2D eigenvalue weighted by atomic mass is 35.5. The zero-order chi connectivity index (χ0) is 12.5. The minimum Gasteiger partial charge on any atom is -0.317 e. The van der Waals surface area contributed by atoms with Crippen LogP contribution in [-0.2, 0) is 5.54 Å². The number of terminal acetylenes is 1. The van der Waals surface area contributed by atoms with Crippen LogP contribution in [0.4, 0.5) is 10.5 Å². The van der Waals surface area contributed by atoms with Crippen LogP contribution in [0.15, 0.2) is 18.2 Å². The van der Waals surface area contributed by atoms with Crippen molar-refractivity contribution in [2.75, 3.05) is 5.32 Å². The van der Waals surface area contributed by atoms with Crippen molar-refractivity contribution in [1.29, 1.82) is 0 Å². The highest BCUT2D eigenvalue weighted by Gasteiger charge is 2.37. The van der Waals surface area contributed by atoms with Gasteiger partial charge in [-0.1, -0.05) is 30.9 Å². The van der Waals surface area contributed by atoms with E-state index in [1.807, 2.05) is 6.92 Å². The molecule has 0 spiro atoms. The van der Waals surface area contributed by atoms with Crippen molar-refractivity contribution in [1.82, 2.24) is 5.32 Å². The van der Waals surface area contributed by atoms with Crippen molar-refractivity contribution >= 4 is 23.3 Å². The van der Waals surface area contributed by atoms with Crippen LogP contribution in [0.25, 0.3) is 0 Å². The first-order chi connectivity index (χ1) is 8.11. The summed E-state index contributed by atoms with van der Waals surface area (Å²) in [6, 6.07) is 5.04. The van der Waals surface area contributed by atoms with Gasteiger partial charge in [-0.3, -0.25) is 0 Å². The Bertz CT molecular complexity index is 507. The van der Waals surface area contributed by atoms with Crippen molar-refractivity contribution in [3.05, 3.63) is 28.8 Å². The Morgan fingerprint density at radius 2 is 2.29 bits per heavy atom. The lowest BCUT2D eigenvalue weighted by atomic mass is 9.84. The zero-order valence-electron chi connectivity index (χ0n) is 9.51. The second kappa shape index (κ2) is 4.31. The first kappa shape index (κ1) is 11.8. The Morgan fingerprint density at radius 3 is 2.94 bits per heavy atom. The van der Waals surface area contributed by atoms with Crippen LogP contribution in [0.2, 0.25) is 5.02 Å². The second-order valence-corrected chi connectivity index (χ2v) is 4.51. The molecular weight excluding hydrogens is 236 g/mol. The molecule has 0 saturated heterocycles. The molecule has 2 N–H and O–H groups in total. The number of rotatable bonds is 2. The van der Waals surface area contributed by atoms with Gasteiger partial charge in [0.1, 0.15) is 5.54 Å². The van der Waals surface area contributed by atoms with Crippen LogP contribution in [0.1, 0.15) is 25.3 Å². The number of hydrogen-bond donors (Lipinski definition) is 2. The van der Waals surface area contributed by atoms with E-state index in [1.54, 1.807) is 18.2 Å². The number of halogens is 1. The number of carbonyl (C=O) groups is 1. The van der Waals surface area contributed by atoms with Gasteiger partial charge in [0.25, 0.3) is 0 Å². The lowest BCUT2D eigenvalue weighted by Gasteiger charge is -2.35. The summed E-state index contributed by atoms with van der Waals surface area (Å²) in [6.07, 6.45) is 7.17. The van der Waals surface area contributed by atoms with Crippen molar-refractivity contribution in [3.63, 3.8) is 0 Å². The summed E-state index contributed by atoms with van der Waals surface area (Å²) in [7, 11) is 0. The highest BCUT2D eigenvalue weighted by molar-refractivity contribution is 6.30. The van der Waals surface area contributed by atoms with Gasteiger partial charge in [0.2, 0.25) is 0 Å². The summed E-state index contributed by atoms with van der Waals surface area (Å²) in [5.41, 5.74) is 0.829. The summed E-state index contributed by atoms with van der Waals surface area (Å²) >= 11 is 5.99. The van der Waals surface area contributed by atoms with E-state index in [-0.39, 0.29) is 6.03 Å². The van der Waals surface area contributed by atoms with Gasteiger partial charge >= 0.3 is 6.03 Å². The Labute approximate surface area is 106 Å². The largest absolute Gasteiger partial charge is 0.320 e. The summed E-state index contributed by atoms with van der Waals surface area (Å²) < 4.78 is 0. The molecule has 1 atom stereocenters. The second-order valence-electron chi connectivity index (χ2n) is 4.07. The average molecular weight is 249 g/mol. The number of hydrogen-bond acceptors (Lipinski definition) is 1. The Hall–Kier alpha value is -1.66. The van der Waals surface area contributed by atoms with Crippen molar-refractivity contribution in [2.24, 2.45) is 0 Å². The summed E-state index contributed by atoms with van der Waals surface area (Å²) in [5.74, 6) is 2.70. The Morgan fingerprint density at radius 1 is 1.53 bits per heavy atom.